The fourth-order valence-corrected chi connectivity index (χ4v) is 2.72. The number of hydrogen-bond acceptors (Lipinski definition) is 2. The van der Waals surface area contributed by atoms with Crippen LogP contribution in [-0.2, 0) is 6.42 Å². The van der Waals surface area contributed by atoms with E-state index in [-0.39, 0.29) is 5.78 Å². The summed E-state index contributed by atoms with van der Waals surface area (Å²) >= 11 is 0. The number of benzene rings is 1. The third-order valence-electron chi connectivity index (χ3n) is 3.99. The van der Waals surface area contributed by atoms with Gasteiger partial charge >= 0.3 is 0 Å². The van der Waals surface area contributed by atoms with Crippen LogP contribution in [0.1, 0.15) is 80.6 Å². The molecule has 1 aromatic carbocycles. The van der Waals surface area contributed by atoms with Crippen LogP contribution in [0.4, 0.5) is 0 Å². The van der Waals surface area contributed by atoms with Gasteiger partial charge in [0.05, 0.1) is 0 Å². The van der Waals surface area contributed by atoms with Crippen LogP contribution in [0.5, 0.6) is 0 Å². The Labute approximate surface area is 130 Å². The summed E-state index contributed by atoms with van der Waals surface area (Å²) in [6.07, 6.45) is 11.6. The van der Waals surface area contributed by atoms with E-state index in [1.54, 1.807) is 0 Å². The predicted octanol–water partition coefficient (Wildman–Crippen LogP) is 4.90. The second kappa shape index (κ2) is 11.5. The Kier molecular flexibility index (Phi) is 9.81. The minimum atomic E-state index is 0.282. The first-order chi connectivity index (χ1) is 10.3. The normalized spacial score (nSPS) is 10.8. The summed E-state index contributed by atoms with van der Waals surface area (Å²) < 4.78 is 0. The predicted molar refractivity (Wildman–Crippen MR) is 90.8 cm³/mol. The minimum Gasteiger partial charge on any atom is -0.330 e. The lowest BCUT2D eigenvalue weighted by atomic mass is 9.97. The van der Waals surface area contributed by atoms with E-state index in [9.17, 15) is 4.79 Å². The number of ketones is 1. The molecule has 2 N–H and O–H groups in total. The fraction of sp³-hybridized carbons (Fsp3) is 0.632. The fourth-order valence-electron chi connectivity index (χ4n) is 2.72. The van der Waals surface area contributed by atoms with Crippen LogP contribution >= 0.6 is 0 Å². The summed E-state index contributed by atoms with van der Waals surface area (Å²) in [5, 5.41) is 0. The number of carbonyl (C=O) groups is 1. The van der Waals surface area contributed by atoms with Gasteiger partial charge in [-0.1, -0.05) is 76.1 Å². The summed E-state index contributed by atoms with van der Waals surface area (Å²) in [5.74, 6) is 0.282. The molecule has 1 aromatic rings. The monoisotopic (exact) mass is 289 g/mol. The van der Waals surface area contributed by atoms with Gasteiger partial charge in [-0.2, -0.15) is 0 Å². The third kappa shape index (κ3) is 7.42. The maximum atomic E-state index is 12.3. The second-order valence-corrected chi connectivity index (χ2v) is 5.84. The van der Waals surface area contributed by atoms with Crippen molar-refractivity contribution >= 4 is 5.78 Å². The lowest BCUT2D eigenvalue weighted by Crippen LogP contribution is -2.09. The molecule has 0 saturated carbocycles. The molecule has 2 heteroatoms. The van der Waals surface area contributed by atoms with Crippen LogP contribution in [0, 0.1) is 0 Å². The van der Waals surface area contributed by atoms with E-state index in [1.165, 1.54) is 44.9 Å². The Balaban J connectivity index is 2.22. The molecule has 0 heterocycles. The third-order valence-corrected chi connectivity index (χ3v) is 3.99. The Morgan fingerprint density at radius 2 is 1.57 bits per heavy atom. The zero-order valence-electron chi connectivity index (χ0n) is 13.6. The van der Waals surface area contributed by atoms with Crippen molar-refractivity contribution in [1.29, 1.82) is 0 Å². The molecule has 21 heavy (non-hydrogen) atoms. The number of unbranched alkanes of at least 4 members (excludes halogenated alkanes) is 7. The van der Waals surface area contributed by atoms with Crippen molar-refractivity contribution < 1.29 is 4.79 Å². The molecule has 0 aliphatic carbocycles. The van der Waals surface area contributed by atoms with Crippen molar-refractivity contribution in [3.63, 3.8) is 0 Å². The van der Waals surface area contributed by atoms with Crippen molar-refractivity contribution in [3.05, 3.63) is 35.4 Å². The summed E-state index contributed by atoms with van der Waals surface area (Å²) in [4.78, 5) is 12.3. The summed E-state index contributed by atoms with van der Waals surface area (Å²) in [6.45, 7) is 2.84. The van der Waals surface area contributed by atoms with Gasteiger partial charge < -0.3 is 5.73 Å². The van der Waals surface area contributed by atoms with Gasteiger partial charge in [0.25, 0.3) is 0 Å². The second-order valence-electron chi connectivity index (χ2n) is 5.84. The lowest BCUT2D eigenvalue weighted by Gasteiger charge is -2.07. The standard InChI is InChI=1S/C19H31NO/c1-2-3-4-5-6-7-8-9-14-19(21)18-13-11-10-12-17(18)15-16-20/h10-13H,2-9,14-16,20H2,1H3. The highest BCUT2D eigenvalue weighted by Gasteiger charge is 2.09. The van der Waals surface area contributed by atoms with Gasteiger partial charge in [-0.05, 0) is 24.9 Å². The molecule has 0 aromatic heterocycles. The van der Waals surface area contributed by atoms with Crippen molar-refractivity contribution in [1.82, 2.24) is 0 Å². The van der Waals surface area contributed by atoms with E-state index in [4.69, 9.17) is 5.73 Å². The molecule has 0 fully saturated rings. The van der Waals surface area contributed by atoms with E-state index in [2.05, 4.69) is 6.92 Å². The van der Waals surface area contributed by atoms with Crippen LogP contribution in [0.25, 0.3) is 0 Å². The minimum absolute atomic E-state index is 0.282. The molecule has 0 aliphatic rings. The summed E-state index contributed by atoms with van der Waals surface area (Å²) in [5.41, 5.74) is 7.59. The van der Waals surface area contributed by atoms with Crippen LogP contribution in [0.3, 0.4) is 0 Å². The molecule has 2 nitrogen and oxygen atoms in total. The van der Waals surface area contributed by atoms with Crippen molar-refractivity contribution in [2.75, 3.05) is 6.54 Å². The highest BCUT2D eigenvalue weighted by molar-refractivity contribution is 5.97. The number of nitrogens with two attached hydrogens (primary N) is 1. The van der Waals surface area contributed by atoms with Crippen LogP contribution in [-0.4, -0.2) is 12.3 Å². The van der Waals surface area contributed by atoms with E-state index in [0.717, 1.165) is 24.0 Å². The Morgan fingerprint density at radius 3 is 2.24 bits per heavy atom. The van der Waals surface area contributed by atoms with Crippen LogP contribution < -0.4 is 5.73 Å². The largest absolute Gasteiger partial charge is 0.330 e. The highest BCUT2D eigenvalue weighted by atomic mass is 16.1. The SMILES string of the molecule is CCCCCCCCCCC(=O)c1ccccc1CCN. The van der Waals surface area contributed by atoms with Crippen molar-refractivity contribution in [2.45, 2.75) is 71.1 Å². The molecule has 0 unspecified atom stereocenters. The van der Waals surface area contributed by atoms with E-state index >= 15 is 0 Å². The zero-order valence-corrected chi connectivity index (χ0v) is 13.6. The molecule has 0 radical (unpaired) electrons. The van der Waals surface area contributed by atoms with Crippen LogP contribution in [0.2, 0.25) is 0 Å². The summed E-state index contributed by atoms with van der Waals surface area (Å²) in [7, 11) is 0. The van der Waals surface area contributed by atoms with Gasteiger partial charge in [-0.15, -0.1) is 0 Å². The molecule has 0 amide bonds. The number of carbonyl (C=O) groups excluding carboxylic acids is 1. The highest BCUT2D eigenvalue weighted by Crippen LogP contribution is 2.15. The van der Waals surface area contributed by atoms with Crippen molar-refractivity contribution in [2.24, 2.45) is 5.73 Å². The number of Topliss-reactive ketones (excluding diaryl/α,β-unsaturated/α-hetero) is 1. The smallest absolute Gasteiger partial charge is 0.163 e. The maximum absolute atomic E-state index is 12.3. The molecule has 0 saturated heterocycles. The quantitative estimate of drug-likeness (QED) is 0.439. The molecule has 0 atom stereocenters. The topological polar surface area (TPSA) is 43.1 Å². The number of rotatable bonds is 12. The first kappa shape index (κ1) is 17.9. The Morgan fingerprint density at radius 1 is 0.952 bits per heavy atom. The Bertz CT molecular complexity index is 400. The first-order valence-corrected chi connectivity index (χ1v) is 8.60. The molecular formula is C19H31NO. The van der Waals surface area contributed by atoms with E-state index in [0.29, 0.717) is 13.0 Å². The van der Waals surface area contributed by atoms with Gasteiger partial charge in [-0.3, -0.25) is 4.79 Å². The lowest BCUT2D eigenvalue weighted by molar-refractivity contribution is 0.0978. The van der Waals surface area contributed by atoms with Gasteiger partial charge in [0, 0.05) is 12.0 Å². The maximum Gasteiger partial charge on any atom is 0.163 e. The first-order valence-electron chi connectivity index (χ1n) is 8.60. The van der Waals surface area contributed by atoms with Gasteiger partial charge in [0.15, 0.2) is 5.78 Å². The molecular weight excluding hydrogens is 258 g/mol. The molecule has 118 valence electrons. The van der Waals surface area contributed by atoms with E-state index < -0.39 is 0 Å². The van der Waals surface area contributed by atoms with E-state index in [1.807, 2.05) is 24.3 Å². The molecule has 0 bridgehead atoms. The Hall–Kier alpha value is -1.15. The number of hydrogen-bond donors (Lipinski definition) is 1. The molecule has 0 aliphatic heterocycles. The molecule has 0 spiro atoms. The van der Waals surface area contributed by atoms with Gasteiger partial charge in [0.2, 0.25) is 0 Å². The average Bonchev–Trinajstić information content (AvgIpc) is 2.50. The zero-order chi connectivity index (χ0) is 15.3. The summed E-state index contributed by atoms with van der Waals surface area (Å²) in [6, 6.07) is 7.89. The van der Waals surface area contributed by atoms with Crippen LogP contribution in [0.15, 0.2) is 24.3 Å². The molecule has 1 rings (SSSR count). The average molecular weight is 289 g/mol. The van der Waals surface area contributed by atoms with Gasteiger partial charge in [-0.25, -0.2) is 0 Å². The van der Waals surface area contributed by atoms with Gasteiger partial charge in [0.1, 0.15) is 0 Å². The van der Waals surface area contributed by atoms with Crippen molar-refractivity contribution in [3.8, 4) is 0 Å².